The first-order valence-corrected chi connectivity index (χ1v) is 11.6. The number of amides is 1. The Bertz CT molecular complexity index is 1490. The Morgan fingerprint density at radius 2 is 1.83 bits per heavy atom. The molecule has 1 amide bonds. The first-order chi connectivity index (χ1) is 17.3. The number of carbonyl (C=O) groups excluding carboxylic acids is 2. The van der Waals surface area contributed by atoms with E-state index in [0.29, 0.717) is 16.6 Å². The third-order valence-corrected chi connectivity index (χ3v) is 5.85. The highest BCUT2D eigenvalue weighted by Gasteiger charge is 2.23. The van der Waals surface area contributed by atoms with E-state index in [0.717, 1.165) is 10.0 Å². The predicted molar refractivity (Wildman–Crippen MR) is 138 cm³/mol. The Morgan fingerprint density at radius 1 is 1.06 bits per heavy atom. The minimum absolute atomic E-state index is 0.0888. The van der Waals surface area contributed by atoms with Crippen LogP contribution < -0.4 is 10.1 Å². The second kappa shape index (κ2) is 10.5. The number of esters is 1. The molecule has 10 heteroatoms. The molecule has 182 valence electrons. The summed E-state index contributed by atoms with van der Waals surface area (Å²) in [6.45, 7) is 1.41. The number of fused-ring (bicyclic) bond motifs is 1. The lowest BCUT2D eigenvalue weighted by atomic mass is 10.0. The van der Waals surface area contributed by atoms with Crippen molar-refractivity contribution >= 4 is 50.1 Å². The number of para-hydroxylation sites is 1. The van der Waals surface area contributed by atoms with Gasteiger partial charge in [-0.3, -0.25) is 14.9 Å². The van der Waals surface area contributed by atoms with Crippen molar-refractivity contribution in [3.8, 4) is 17.0 Å². The van der Waals surface area contributed by atoms with Gasteiger partial charge < -0.3 is 14.8 Å². The Hall–Kier alpha value is -4.31. The second-order valence-electron chi connectivity index (χ2n) is 7.76. The Morgan fingerprint density at radius 3 is 2.56 bits per heavy atom. The van der Waals surface area contributed by atoms with Crippen LogP contribution in [0.15, 0.2) is 77.3 Å². The molecule has 0 aliphatic heterocycles. The van der Waals surface area contributed by atoms with Gasteiger partial charge in [0.2, 0.25) is 0 Å². The maximum Gasteiger partial charge on any atom is 0.339 e. The monoisotopic (exact) mass is 549 g/mol. The highest BCUT2D eigenvalue weighted by molar-refractivity contribution is 9.10. The lowest BCUT2D eigenvalue weighted by Crippen LogP contribution is -2.30. The Labute approximate surface area is 214 Å². The topological polar surface area (TPSA) is 121 Å². The van der Waals surface area contributed by atoms with Gasteiger partial charge in [-0.1, -0.05) is 46.3 Å². The number of nitrogens with one attached hydrogen (secondary N) is 1. The summed E-state index contributed by atoms with van der Waals surface area (Å²) < 4.78 is 11.5. The fraction of sp³-hybridized carbons (Fsp3) is 0.115. The largest absolute Gasteiger partial charge is 0.495 e. The van der Waals surface area contributed by atoms with E-state index in [1.54, 1.807) is 24.3 Å². The number of methoxy groups -OCH3 is 1. The van der Waals surface area contributed by atoms with E-state index in [2.05, 4.69) is 26.2 Å². The number of rotatable bonds is 7. The van der Waals surface area contributed by atoms with Gasteiger partial charge in [-0.2, -0.15) is 0 Å². The number of nitro groups is 1. The number of anilines is 1. The van der Waals surface area contributed by atoms with Gasteiger partial charge in [0, 0.05) is 27.6 Å². The summed E-state index contributed by atoms with van der Waals surface area (Å²) in [5.74, 6) is -1.16. The van der Waals surface area contributed by atoms with Gasteiger partial charge in [0.1, 0.15) is 5.75 Å². The molecule has 4 aromatic rings. The molecule has 0 aliphatic carbocycles. The molecule has 4 rings (SSSR count). The average Bonchev–Trinajstić information content (AvgIpc) is 2.87. The molecular formula is C26H20BrN3O6. The van der Waals surface area contributed by atoms with Crippen molar-refractivity contribution in [2.24, 2.45) is 0 Å². The highest BCUT2D eigenvalue weighted by atomic mass is 79.9. The zero-order valence-corrected chi connectivity index (χ0v) is 20.8. The summed E-state index contributed by atoms with van der Waals surface area (Å²) in [5.41, 5.74) is 2.08. The SMILES string of the molecule is COc1ccc([N+](=O)[O-])cc1NC(=O)C(C)OC(=O)c1cc(-c2cccc(Br)c2)nc2ccccc12. The summed E-state index contributed by atoms with van der Waals surface area (Å²) >= 11 is 3.44. The lowest BCUT2D eigenvalue weighted by Gasteiger charge is -2.16. The molecule has 0 radical (unpaired) electrons. The third-order valence-electron chi connectivity index (χ3n) is 5.36. The van der Waals surface area contributed by atoms with Crippen LogP contribution in [0.4, 0.5) is 11.4 Å². The van der Waals surface area contributed by atoms with Crippen molar-refractivity contribution in [1.82, 2.24) is 4.98 Å². The van der Waals surface area contributed by atoms with Crippen molar-refractivity contribution in [3.05, 3.63) is 92.9 Å². The molecule has 1 heterocycles. The third kappa shape index (κ3) is 5.33. The molecule has 1 atom stereocenters. The molecule has 3 aromatic carbocycles. The number of nitro benzene ring substituents is 1. The van der Waals surface area contributed by atoms with Gasteiger partial charge in [0.15, 0.2) is 6.10 Å². The summed E-state index contributed by atoms with van der Waals surface area (Å²) in [5, 5.41) is 14.2. The van der Waals surface area contributed by atoms with Crippen molar-refractivity contribution in [3.63, 3.8) is 0 Å². The molecule has 1 unspecified atom stereocenters. The number of nitrogens with zero attached hydrogens (tertiary/aromatic N) is 2. The maximum absolute atomic E-state index is 13.2. The van der Waals surface area contributed by atoms with Gasteiger partial charge in [-0.05, 0) is 37.3 Å². The Balaban J connectivity index is 1.60. The number of ether oxygens (including phenoxy) is 2. The molecule has 0 saturated heterocycles. The smallest absolute Gasteiger partial charge is 0.339 e. The number of pyridine rings is 1. The summed E-state index contributed by atoms with van der Waals surface area (Å²) in [7, 11) is 1.37. The first-order valence-electron chi connectivity index (χ1n) is 10.8. The van der Waals surface area contributed by atoms with E-state index < -0.39 is 22.9 Å². The maximum atomic E-state index is 13.2. The van der Waals surface area contributed by atoms with Crippen molar-refractivity contribution in [2.45, 2.75) is 13.0 Å². The van der Waals surface area contributed by atoms with Crippen LogP contribution in [0.3, 0.4) is 0 Å². The summed E-state index contributed by atoms with van der Waals surface area (Å²) in [4.78, 5) is 41.2. The number of hydrogen-bond acceptors (Lipinski definition) is 7. The molecule has 1 aromatic heterocycles. The van der Waals surface area contributed by atoms with Crippen LogP contribution in [0.25, 0.3) is 22.2 Å². The van der Waals surface area contributed by atoms with Crippen LogP contribution in [0.1, 0.15) is 17.3 Å². The fourth-order valence-electron chi connectivity index (χ4n) is 3.56. The number of benzene rings is 3. The van der Waals surface area contributed by atoms with E-state index in [1.807, 2.05) is 30.3 Å². The van der Waals surface area contributed by atoms with E-state index in [9.17, 15) is 19.7 Å². The molecule has 1 N–H and O–H groups in total. The van der Waals surface area contributed by atoms with Crippen LogP contribution in [0.5, 0.6) is 5.75 Å². The summed E-state index contributed by atoms with van der Waals surface area (Å²) in [6, 6.07) is 20.1. The molecule has 0 spiro atoms. The number of aromatic nitrogens is 1. The molecule has 0 saturated carbocycles. The van der Waals surface area contributed by atoms with Crippen molar-refractivity contribution < 1.29 is 24.0 Å². The quantitative estimate of drug-likeness (QED) is 0.176. The van der Waals surface area contributed by atoms with Crippen LogP contribution in [0.2, 0.25) is 0 Å². The lowest BCUT2D eigenvalue weighted by molar-refractivity contribution is -0.384. The molecule has 36 heavy (non-hydrogen) atoms. The van der Waals surface area contributed by atoms with Crippen molar-refractivity contribution in [2.75, 3.05) is 12.4 Å². The highest BCUT2D eigenvalue weighted by Crippen LogP contribution is 2.30. The fourth-order valence-corrected chi connectivity index (χ4v) is 3.96. The van der Waals surface area contributed by atoms with Gasteiger partial charge in [-0.25, -0.2) is 9.78 Å². The second-order valence-corrected chi connectivity index (χ2v) is 8.68. The average molecular weight is 550 g/mol. The molecule has 0 fully saturated rings. The minimum atomic E-state index is -1.21. The van der Waals surface area contributed by atoms with Gasteiger partial charge in [0.25, 0.3) is 11.6 Å². The number of non-ortho nitro benzene ring substituents is 1. The zero-order valence-electron chi connectivity index (χ0n) is 19.2. The minimum Gasteiger partial charge on any atom is -0.495 e. The summed E-state index contributed by atoms with van der Waals surface area (Å²) in [6.07, 6.45) is -1.21. The van der Waals surface area contributed by atoms with Gasteiger partial charge in [-0.15, -0.1) is 0 Å². The number of halogens is 1. The molecule has 0 aliphatic rings. The van der Waals surface area contributed by atoms with Crippen LogP contribution in [0, 0.1) is 10.1 Å². The molecular weight excluding hydrogens is 530 g/mol. The van der Waals surface area contributed by atoms with Crippen LogP contribution >= 0.6 is 15.9 Å². The van der Waals surface area contributed by atoms with Gasteiger partial charge >= 0.3 is 5.97 Å². The number of carbonyl (C=O) groups is 2. The molecule has 9 nitrogen and oxygen atoms in total. The first kappa shape index (κ1) is 24.8. The number of hydrogen-bond donors (Lipinski definition) is 1. The van der Waals surface area contributed by atoms with E-state index in [1.165, 1.54) is 32.2 Å². The van der Waals surface area contributed by atoms with Crippen LogP contribution in [-0.2, 0) is 9.53 Å². The van der Waals surface area contributed by atoms with Gasteiger partial charge in [0.05, 0.1) is 34.5 Å². The van der Waals surface area contributed by atoms with Crippen LogP contribution in [-0.4, -0.2) is 35.0 Å². The Kier molecular flexibility index (Phi) is 7.25. The predicted octanol–water partition coefficient (Wildman–Crippen LogP) is 5.77. The van der Waals surface area contributed by atoms with E-state index in [-0.39, 0.29) is 22.7 Å². The zero-order chi connectivity index (χ0) is 25.8. The normalized spacial score (nSPS) is 11.5. The van der Waals surface area contributed by atoms with E-state index in [4.69, 9.17) is 9.47 Å². The molecule has 0 bridgehead atoms. The van der Waals surface area contributed by atoms with E-state index >= 15 is 0 Å². The van der Waals surface area contributed by atoms with Crippen molar-refractivity contribution in [1.29, 1.82) is 0 Å². The standard InChI is InChI=1S/C26H20BrN3O6/c1-15(25(31)29-23-13-18(30(33)34)10-11-24(23)35-2)36-26(32)20-14-22(16-6-5-7-17(27)12-16)28-21-9-4-3-8-19(20)21/h3-15H,1-2H3,(H,29,31).